The first-order valence-corrected chi connectivity index (χ1v) is 9.14. The molecule has 4 rings (SSSR count). The first-order valence-electron chi connectivity index (χ1n) is 7.27. The second-order valence-electron chi connectivity index (χ2n) is 5.21. The molecule has 0 saturated carbocycles. The zero-order valence-corrected chi connectivity index (χ0v) is 14.6. The third kappa shape index (κ3) is 3.08. The summed E-state index contributed by atoms with van der Waals surface area (Å²) < 4.78 is 19.7. The lowest BCUT2D eigenvalue weighted by atomic mass is 10.2. The zero-order valence-electron chi connectivity index (χ0n) is 13.0. The molecule has 0 aliphatic carbocycles. The second-order valence-corrected chi connectivity index (χ2v) is 7.04. The Hall–Kier alpha value is -2.52. The van der Waals surface area contributed by atoms with E-state index >= 15 is 0 Å². The standard InChI is InChI=1S/C16H11FN4O2S2/c1-21-15(22)11-6-7-24-14(11)19-16(21)25-8-12-18-13(20-23-12)9-2-4-10(17)5-3-9/h2-7H,8H2,1H3. The summed E-state index contributed by atoms with van der Waals surface area (Å²) >= 11 is 2.77. The number of rotatable bonds is 4. The Morgan fingerprint density at radius 1 is 1.24 bits per heavy atom. The Morgan fingerprint density at radius 3 is 2.84 bits per heavy atom. The molecule has 3 aromatic heterocycles. The van der Waals surface area contributed by atoms with E-state index in [1.807, 2.05) is 5.38 Å². The topological polar surface area (TPSA) is 73.8 Å². The van der Waals surface area contributed by atoms with Crippen molar-refractivity contribution in [1.29, 1.82) is 0 Å². The van der Waals surface area contributed by atoms with Gasteiger partial charge in [-0.1, -0.05) is 16.9 Å². The molecular weight excluding hydrogens is 363 g/mol. The summed E-state index contributed by atoms with van der Waals surface area (Å²) in [5.74, 6) is 0.862. The highest BCUT2D eigenvalue weighted by molar-refractivity contribution is 7.98. The summed E-state index contributed by atoms with van der Waals surface area (Å²) in [6.07, 6.45) is 0. The predicted octanol–water partition coefficient (Wildman–Crippen LogP) is 3.48. The fourth-order valence-electron chi connectivity index (χ4n) is 2.27. The molecule has 0 fully saturated rings. The molecule has 0 spiro atoms. The molecule has 3 heterocycles. The third-order valence-electron chi connectivity index (χ3n) is 3.56. The predicted molar refractivity (Wildman–Crippen MR) is 94.1 cm³/mol. The molecule has 0 aliphatic heterocycles. The minimum Gasteiger partial charge on any atom is -0.338 e. The third-order valence-corrected chi connectivity index (χ3v) is 5.38. The minimum absolute atomic E-state index is 0.0775. The molecule has 0 saturated heterocycles. The zero-order chi connectivity index (χ0) is 17.4. The highest BCUT2D eigenvalue weighted by atomic mass is 32.2. The summed E-state index contributed by atoms with van der Waals surface area (Å²) in [6.45, 7) is 0. The van der Waals surface area contributed by atoms with Gasteiger partial charge in [-0.15, -0.1) is 11.3 Å². The molecule has 0 N–H and O–H groups in total. The maximum Gasteiger partial charge on any atom is 0.262 e. The van der Waals surface area contributed by atoms with Gasteiger partial charge in [0, 0.05) is 12.6 Å². The van der Waals surface area contributed by atoms with Gasteiger partial charge in [0.05, 0.1) is 11.1 Å². The average Bonchev–Trinajstić information content (AvgIpc) is 3.27. The van der Waals surface area contributed by atoms with Crippen molar-refractivity contribution < 1.29 is 8.91 Å². The molecule has 0 aliphatic rings. The highest BCUT2D eigenvalue weighted by Gasteiger charge is 2.13. The van der Waals surface area contributed by atoms with Gasteiger partial charge in [0.2, 0.25) is 11.7 Å². The van der Waals surface area contributed by atoms with Gasteiger partial charge in [-0.25, -0.2) is 9.37 Å². The molecule has 0 amide bonds. The van der Waals surface area contributed by atoms with Crippen molar-refractivity contribution in [3.05, 3.63) is 57.8 Å². The van der Waals surface area contributed by atoms with Gasteiger partial charge in [0.1, 0.15) is 10.6 Å². The van der Waals surface area contributed by atoms with Crippen LogP contribution in [0.1, 0.15) is 5.89 Å². The normalized spacial score (nSPS) is 11.3. The number of benzene rings is 1. The Balaban J connectivity index is 1.55. The molecule has 126 valence electrons. The summed E-state index contributed by atoms with van der Waals surface area (Å²) in [5.41, 5.74) is 0.596. The van der Waals surface area contributed by atoms with Crippen molar-refractivity contribution in [1.82, 2.24) is 19.7 Å². The van der Waals surface area contributed by atoms with E-state index < -0.39 is 0 Å². The lowest BCUT2D eigenvalue weighted by Gasteiger charge is -2.05. The largest absolute Gasteiger partial charge is 0.338 e. The fourth-order valence-corrected chi connectivity index (χ4v) is 3.88. The quantitative estimate of drug-likeness (QED) is 0.402. The molecule has 25 heavy (non-hydrogen) atoms. The van der Waals surface area contributed by atoms with Gasteiger partial charge in [0.15, 0.2) is 5.16 Å². The van der Waals surface area contributed by atoms with Crippen molar-refractivity contribution in [3.63, 3.8) is 0 Å². The van der Waals surface area contributed by atoms with Crippen molar-refractivity contribution >= 4 is 33.3 Å². The second kappa shape index (κ2) is 6.41. The molecular formula is C16H11FN4O2S2. The van der Waals surface area contributed by atoms with E-state index in [9.17, 15) is 9.18 Å². The SMILES string of the molecule is Cn1c(SCc2nc(-c3ccc(F)cc3)no2)nc2sccc2c1=O. The number of nitrogens with zero attached hydrogens (tertiary/aromatic N) is 4. The van der Waals surface area contributed by atoms with Crippen LogP contribution in [0.3, 0.4) is 0 Å². The van der Waals surface area contributed by atoms with Gasteiger partial charge in [-0.3, -0.25) is 9.36 Å². The van der Waals surface area contributed by atoms with Gasteiger partial charge in [-0.2, -0.15) is 4.98 Å². The van der Waals surface area contributed by atoms with E-state index in [2.05, 4.69) is 15.1 Å². The first kappa shape index (κ1) is 16.0. The van der Waals surface area contributed by atoms with Crippen LogP contribution in [0.5, 0.6) is 0 Å². The van der Waals surface area contributed by atoms with Crippen LogP contribution in [-0.4, -0.2) is 19.7 Å². The first-order chi connectivity index (χ1) is 12.1. The maximum absolute atomic E-state index is 13.0. The van der Waals surface area contributed by atoms with Crippen LogP contribution in [0.15, 0.2) is 50.2 Å². The number of thiophene rings is 1. The Bertz CT molecular complexity index is 1100. The van der Waals surface area contributed by atoms with Crippen LogP contribution in [0.2, 0.25) is 0 Å². The monoisotopic (exact) mass is 374 g/mol. The van der Waals surface area contributed by atoms with Gasteiger partial charge < -0.3 is 4.52 Å². The van der Waals surface area contributed by atoms with Gasteiger partial charge >= 0.3 is 0 Å². The number of hydrogen-bond donors (Lipinski definition) is 0. The van der Waals surface area contributed by atoms with Crippen molar-refractivity contribution in [3.8, 4) is 11.4 Å². The lowest BCUT2D eigenvalue weighted by Crippen LogP contribution is -2.19. The Kier molecular flexibility index (Phi) is 4.10. The van der Waals surface area contributed by atoms with Crippen LogP contribution in [0.25, 0.3) is 21.6 Å². The Morgan fingerprint density at radius 2 is 2.04 bits per heavy atom. The van der Waals surface area contributed by atoms with Crippen molar-refractivity contribution in [2.45, 2.75) is 10.9 Å². The maximum atomic E-state index is 13.0. The summed E-state index contributed by atoms with van der Waals surface area (Å²) in [7, 11) is 1.69. The number of hydrogen-bond acceptors (Lipinski definition) is 7. The fraction of sp³-hybridized carbons (Fsp3) is 0.125. The number of halogens is 1. The Labute approximate surface area is 149 Å². The number of thioether (sulfide) groups is 1. The molecule has 1 aromatic carbocycles. The highest BCUT2D eigenvalue weighted by Crippen LogP contribution is 2.24. The van der Waals surface area contributed by atoms with Gasteiger partial charge in [0.25, 0.3) is 5.56 Å². The van der Waals surface area contributed by atoms with Crippen LogP contribution in [0.4, 0.5) is 4.39 Å². The van der Waals surface area contributed by atoms with Crippen LogP contribution < -0.4 is 5.56 Å². The van der Waals surface area contributed by atoms with E-state index in [1.165, 1.54) is 39.8 Å². The van der Waals surface area contributed by atoms with Crippen molar-refractivity contribution in [2.75, 3.05) is 0 Å². The van der Waals surface area contributed by atoms with Crippen molar-refractivity contribution in [2.24, 2.45) is 7.05 Å². The van der Waals surface area contributed by atoms with E-state index in [4.69, 9.17) is 4.52 Å². The molecule has 6 nitrogen and oxygen atoms in total. The molecule has 0 radical (unpaired) electrons. The molecule has 4 aromatic rings. The molecule has 0 bridgehead atoms. The number of aromatic nitrogens is 4. The van der Waals surface area contributed by atoms with E-state index in [1.54, 1.807) is 25.2 Å². The summed E-state index contributed by atoms with van der Waals surface area (Å²) in [6, 6.07) is 7.64. The van der Waals surface area contributed by atoms with Gasteiger partial charge in [-0.05, 0) is 35.7 Å². The minimum atomic E-state index is -0.320. The molecule has 9 heteroatoms. The summed E-state index contributed by atoms with van der Waals surface area (Å²) in [4.78, 5) is 21.8. The smallest absolute Gasteiger partial charge is 0.262 e. The lowest BCUT2D eigenvalue weighted by molar-refractivity contribution is 0.391. The van der Waals surface area contributed by atoms with Crippen LogP contribution in [-0.2, 0) is 12.8 Å². The van der Waals surface area contributed by atoms with E-state index in [-0.39, 0.29) is 11.4 Å². The molecule has 0 atom stereocenters. The molecule has 0 unspecified atom stereocenters. The summed E-state index contributed by atoms with van der Waals surface area (Å²) in [5, 5.41) is 6.95. The van der Waals surface area contributed by atoms with E-state index in [0.29, 0.717) is 38.4 Å². The average molecular weight is 374 g/mol. The van der Waals surface area contributed by atoms with E-state index in [0.717, 1.165) is 0 Å². The number of fused-ring (bicyclic) bond motifs is 1. The van der Waals surface area contributed by atoms with Crippen LogP contribution in [0, 0.1) is 5.82 Å². The van der Waals surface area contributed by atoms with Crippen LogP contribution >= 0.6 is 23.1 Å².